The molecule has 1 unspecified atom stereocenters. The highest BCUT2D eigenvalue weighted by Gasteiger charge is 2.28. The fraction of sp³-hybridized carbons (Fsp3) is 0.738. The molecular formula is C42H71O12P. The van der Waals surface area contributed by atoms with Crippen molar-refractivity contribution in [3.63, 3.8) is 0 Å². The summed E-state index contributed by atoms with van der Waals surface area (Å²) in [6, 6.07) is 0. The highest BCUT2D eigenvalue weighted by molar-refractivity contribution is 7.47. The first-order valence-electron chi connectivity index (χ1n) is 20.7. The van der Waals surface area contributed by atoms with E-state index in [-0.39, 0.29) is 37.1 Å². The average Bonchev–Trinajstić information content (AvgIpc) is 3.52. The maximum Gasteiger partial charge on any atom is 0.472 e. The number of rotatable bonds is 35. The lowest BCUT2D eigenvalue weighted by Crippen LogP contribution is -2.29. The van der Waals surface area contributed by atoms with Gasteiger partial charge in [0, 0.05) is 18.8 Å². The van der Waals surface area contributed by atoms with E-state index in [9.17, 15) is 34.1 Å². The summed E-state index contributed by atoms with van der Waals surface area (Å²) in [5.41, 5.74) is 0. The molecule has 0 spiro atoms. The number of ketones is 1. The summed E-state index contributed by atoms with van der Waals surface area (Å²) in [6.45, 7) is 2.00. The van der Waals surface area contributed by atoms with Gasteiger partial charge in [0.25, 0.3) is 0 Å². The van der Waals surface area contributed by atoms with Gasteiger partial charge in [-0.3, -0.25) is 23.4 Å². The molecule has 0 amide bonds. The molecule has 0 aliphatic heterocycles. The number of phosphoric ester groups is 1. The predicted molar refractivity (Wildman–Crippen MR) is 214 cm³/mol. The van der Waals surface area contributed by atoms with E-state index in [1.54, 1.807) is 12.2 Å². The van der Waals surface area contributed by atoms with Crippen LogP contribution < -0.4 is 0 Å². The third kappa shape index (κ3) is 27.7. The Kier molecular flexibility index (Phi) is 30.0. The van der Waals surface area contributed by atoms with Crippen molar-refractivity contribution in [2.24, 2.45) is 11.8 Å². The van der Waals surface area contributed by atoms with Crippen molar-refractivity contribution >= 4 is 25.5 Å². The van der Waals surface area contributed by atoms with Crippen molar-refractivity contribution < 1.29 is 57.7 Å². The molecule has 4 N–H and O–H groups in total. The smallest absolute Gasteiger partial charge is 0.462 e. The number of hydrogen-bond donors (Lipinski definition) is 4. The van der Waals surface area contributed by atoms with Gasteiger partial charge in [0.05, 0.1) is 25.9 Å². The molecule has 13 heteroatoms. The van der Waals surface area contributed by atoms with E-state index in [0.29, 0.717) is 32.1 Å². The van der Waals surface area contributed by atoms with Crippen LogP contribution in [0.25, 0.3) is 0 Å². The number of carbonyl (C=O) groups excluding carboxylic acids is 3. The van der Waals surface area contributed by atoms with Crippen LogP contribution in [0.5, 0.6) is 0 Å². The van der Waals surface area contributed by atoms with E-state index in [4.69, 9.17) is 19.1 Å². The van der Waals surface area contributed by atoms with Gasteiger partial charge in [0.15, 0.2) is 11.9 Å². The zero-order valence-electron chi connectivity index (χ0n) is 33.5. The highest BCUT2D eigenvalue weighted by Crippen LogP contribution is 2.43. The lowest BCUT2D eigenvalue weighted by atomic mass is 9.90. The average molecular weight is 799 g/mol. The van der Waals surface area contributed by atoms with Gasteiger partial charge in [0.1, 0.15) is 12.7 Å². The molecule has 6 atom stereocenters. The number of allylic oxidation sites excluding steroid dienone is 7. The molecular weight excluding hydrogens is 727 g/mol. The van der Waals surface area contributed by atoms with Crippen LogP contribution in [-0.4, -0.2) is 82.7 Å². The molecule has 0 bridgehead atoms. The molecule has 0 heterocycles. The zero-order chi connectivity index (χ0) is 40.6. The third-order valence-electron chi connectivity index (χ3n) is 9.20. The molecule has 0 aromatic carbocycles. The molecule has 1 aliphatic carbocycles. The van der Waals surface area contributed by atoms with E-state index in [1.807, 2.05) is 24.3 Å². The second-order valence-corrected chi connectivity index (χ2v) is 15.8. The Hall–Kier alpha value is -2.44. The first-order chi connectivity index (χ1) is 26.5. The molecule has 55 heavy (non-hydrogen) atoms. The topological polar surface area (TPSA) is 186 Å². The first kappa shape index (κ1) is 50.6. The Morgan fingerprint density at radius 2 is 1.38 bits per heavy atom. The van der Waals surface area contributed by atoms with Crippen LogP contribution in [0.4, 0.5) is 0 Å². The Bertz CT molecular complexity index is 1200. The third-order valence-corrected chi connectivity index (χ3v) is 10.2. The Morgan fingerprint density at radius 1 is 0.782 bits per heavy atom. The molecule has 12 nitrogen and oxygen atoms in total. The Balaban J connectivity index is 2.48. The van der Waals surface area contributed by atoms with Crippen molar-refractivity contribution in [3.8, 4) is 0 Å². The zero-order valence-corrected chi connectivity index (χ0v) is 34.4. The summed E-state index contributed by atoms with van der Waals surface area (Å²) in [4.78, 5) is 47.4. The van der Waals surface area contributed by atoms with Crippen LogP contribution in [0.15, 0.2) is 48.6 Å². The lowest BCUT2D eigenvalue weighted by molar-refractivity contribution is -0.161. The summed E-state index contributed by atoms with van der Waals surface area (Å²) >= 11 is 0. The van der Waals surface area contributed by atoms with Crippen molar-refractivity contribution in [1.82, 2.24) is 0 Å². The quantitative estimate of drug-likeness (QED) is 0.0209. The molecule has 0 saturated heterocycles. The van der Waals surface area contributed by atoms with Crippen LogP contribution in [-0.2, 0) is 37.5 Å². The molecule has 0 saturated carbocycles. The van der Waals surface area contributed by atoms with Gasteiger partial charge in [-0.2, -0.15) is 0 Å². The van der Waals surface area contributed by atoms with Gasteiger partial charge in [-0.1, -0.05) is 114 Å². The monoisotopic (exact) mass is 798 g/mol. The number of unbranched alkanes of at least 4 members (excludes halogenated alkanes) is 12. The molecule has 316 valence electrons. The maximum absolute atomic E-state index is 12.7. The van der Waals surface area contributed by atoms with Gasteiger partial charge >= 0.3 is 19.8 Å². The van der Waals surface area contributed by atoms with Crippen molar-refractivity contribution in [3.05, 3.63) is 48.6 Å². The van der Waals surface area contributed by atoms with Crippen molar-refractivity contribution in [1.29, 1.82) is 0 Å². The van der Waals surface area contributed by atoms with E-state index < -0.39 is 57.9 Å². The molecule has 0 aromatic heterocycles. The Labute approximate surface area is 330 Å². The van der Waals surface area contributed by atoms with Crippen LogP contribution >= 0.6 is 7.82 Å². The maximum atomic E-state index is 12.7. The second kappa shape index (κ2) is 32.6. The highest BCUT2D eigenvalue weighted by atomic mass is 31.2. The van der Waals surface area contributed by atoms with Crippen LogP contribution in [0.3, 0.4) is 0 Å². The summed E-state index contributed by atoms with van der Waals surface area (Å²) in [7, 11) is -4.67. The molecule has 0 radical (unpaired) electrons. The number of hydrogen-bond acceptors (Lipinski definition) is 11. The predicted octanol–water partition coefficient (Wildman–Crippen LogP) is 8.17. The molecule has 0 aromatic rings. The summed E-state index contributed by atoms with van der Waals surface area (Å²) in [5.74, 6) is -1.38. The second-order valence-electron chi connectivity index (χ2n) is 14.3. The number of aliphatic hydroxyl groups excluding tert-OH is 3. The minimum absolute atomic E-state index is 0.00291. The lowest BCUT2D eigenvalue weighted by Gasteiger charge is -2.20. The summed E-state index contributed by atoms with van der Waals surface area (Å²) < 4.78 is 32.6. The number of phosphoric acid groups is 1. The van der Waals surface area contributed by atoms with Crippen LogP contribution in [0, 0.1) is 11.8 Å². The molecule has 1 rings (SSSR count). The number of esters is 2. The van der Waals surface area contributed by atoms with Crippen LogP contribution in [0.2, 0.25) is 0 Å². The minimum Gasteiger partial charge on any atom is -0.462 e. The van der Waals surface area contributed by atoms with Crippen molar-refractivity contribution in [2.45, 2.75) is 161 Å². The van der Waals surface area contributed by atoms with E-state index >= 15 is 0 Å². The van der Waals surface area contributed by atoms with Gasteiger partial charge in [0.2, 0.25) is 0 Å². The minimum atomic E-state index is -4.67. The summed E-state index contributed by atoms with van der Waals surface area (Å²) in [6.07, 6.45) is 30.0. The van der Waals surface area contributed by atoms with Gasteiger partial charge < -0.3 is 29.7 Å². The largest absolute Gasteiger partial charge is 0.472 e. The van der Waals surface area contributed by atoms with E-state index in [0.717, 1.165) is 57.8 Å². The fourth-order valence-electron chi connectivity index (χ4n) is 5.86. The fourth-order valence-corrected chi connectivity index (χ4v) is 6.65. The number of aliphatic hydroxyl groups is 3. The summed E-state index contributed by atoms with van der Waals surface area (Å²) in [5, 5.41) is 28.5. The van der Waals surface area contributed by atoms with Gasteiger partial charge in [-0.15, -0.1) is 0 Å². The van der Waals surface area contributed by atoms with E-state index in [2.05, 4.69) is 30.5 Å². The van der Waals surface area contributed by atoms with Crippen molar-refractivity contribution in [2.75, 3.05) is 26.4 Å². The molecule has 1 aliphatic rings. The standard InChI is InChI=1S/C42H71O12P/c1-3-5-7-8-9-10-11-12-13-14-15-16-21-25-41(47)51-33-38(34-53-55(49,50)52-32-37(45)31-43)54-42(48)26-22-18-17-20-23-35-27-30-40(46)39(35)29-28-36(44)24-19-6-4-2/h10-11,17,20,27-30,35-39,43-45H,3-9,12-16,18-19,21-26,31-34H2,1-2H3,(H,49,50)/b11-10-,20-17-,29-28+/t35-,36-,37-,38+,39+/m0/s1. The van der Waals surface area contributed by atoms with Crippen LogP contribution in [0.1, 0.15) is 142 Å². The van der Waals surface area contributed by atoms with E-state index in [1.165, 1.54) is 25.7 Å². The SMILES string of the molecule is CCCCCC/C=C\CCCCCCCC(=O)OC[C@H](COP(=O)(O)OC[C@@H](O)CO)OC(=O)CCC/C=C\C[C@H]1C=CC(=O)[C@@H]1/C=C/[C@@H](O)CCCCC. The Morgan fingerprint density at radius 3 is 2.09 bits per heavy atom. The number of carbonyl (C=O) groups is 3. The first-order valence-corrected chi connectivity index (χ1v) is 22.1. The molecule has 0 fully saturated rings. The van der Waals surface area contributed by atoms with Gasteiger partial charge in [-0.25, -0.2) is 4.57 Å². The number of ether oxygens (including phenoxy) is 2. The van der Waals surface area contributed by atoms with Gasteiger partial charge in [-0.05, 0) is 69.8 Å². The normalized spacial score (nSPS) is 18.7.